The van der Waals surface area contributed by atoms with Crippen molar-refractivity contribution in [2.45, 2.75) is 31.8 Å². The van der Waals surface area contributed by atoms with Crippen molar-refractivity contribution in [2.75, 3.05) is 11.3 Å². The van der Waals surface area contributed by atoms with E-state index in [4.69, 9.17) is 27.9 Å². The molecule has 0 aliphatic rings. The lowest BCUT2D eigenvalue weighted by atomic mass is 10.2. The van der Waals surface area contributed by atoms with Gasteiger partial charge in [-0.25, -0.2) is 8.42 Å². The molecule has 0 radical (unpaired) electrons. The lowest BCUT2D eigenvalue weighted by Gasteiger charge is -2.16. The van der Waals surface area contributed by atoms with Crippen LogP contribution in [-0.4, -0.2) is 27.0 Å². The Labute approximate surface area is 175 Å². The predicted molar refractivity (Wildman–Crippen MR) is 112 cm³/mol. The number of nitrogens with one attached hydrogen (secondary N) is 2. The van der Waals surface area contributed by atoms with E-state index in [1.807, 2.05) is 13.8 Å². The van der Waals surface area contributed by atoms with Gasteiger partial charge in [-0.3, -0.25) is 9.52 Å². The summed E-state index contributed by atoms with van der Waals surface area (Å²) in [5.74, 6) is 0.482. The topological polar surface area (TPSA) is 84.5 Å². The fraction of sp³-hybridized carbons (Fsp3) is 0.316. The summed E-state index contributed by atoms with van der Waals surface area (Å²) in [6.07, 6.45) is -0.704. The Bertz CT molecular complexity index is 931. The summed E-state index contributed by atoms with van der Waals surface area (Å²) >= 11 is 11.9. The van der Waals surface area contributed by atoms with Crippen LogP contribution in [0.1, 0.15) is 20.8 Å². The van der Waals surface area contributed by atoms with Gasteiger partial charge in [0.15, 0.2) is 6.10 Å². The first-order valence-electron chi connectivity index (χ1n) is 8.61. The van der Waals surface area contributed by atoms with Gasteiger partial charge >= 0.3 is 0 Å². The SMILES string of the molecule is CC(C)CNC(=O)[C@H](C)Oc1ccc(S(=O)(=O)Nc2cc(Cl)ccc2Cl)cc1. The summed E-state index contributed by atoms with van der Waals surface area (Å²) in [7, 11) is -3.86. The summed E-state index contributed by atoms with van der Waals surface area (Å²) in [6, 6.07) is 10.2. The lowest BCUT2D eigenvalue weighted by Crippen LogP contribution is -2.38. The molecule has 0 fully saturated rings. The minimum Gasteiger partial charge on any atom is -0.481 e. The molecule has 0 aromatic heterocycles. The van der Waals surface area contributed by atoms with Crippen molar-refractivity contribution in [3.8, 4) is 5.75 Å². The monoisotopic (exact) mass is 444 g/mol. The van der Waals surface area contributed by atoms with Crippen molar-refractivity contribution in [1.29, 1.82) is 0 Å². The molecule has 0 aliphatic heterocycles. The predicted octanol–water partition coefficient (Wildman–Crippen LogP) is 4.33. The van der Waals surface area contributed by atoms with Crippen LogP contribution in [0.4, 0.5) is 5.69 Å². The van der Waals surface area contributed by atoms with Crippen LogP contribution in [-0.2, 0) is 14.8 Å². The van der Waals surface area contributed by atoms with E-state index in [2.05, 4.69) is 10.0 Å². The Morgan fingerprint density at radius 3 is 2.32 bits per heavy atom. The number of sulfonamides is 1. The third kappa shape index (κ3) is 6.29. The molecule has 0 aliphatic carbocycles. The molecule has 2 N–H and O–H groups in total. The highest BCUT2D eigenvalue weighted by atomic mass is 35.5. The second-order valence-corrected chi connectivity index (χ2v) is 9.13. The number of rotatable bonds is 8. The zero-order valence-electron chi connectivity index (χ0n) is 15.7. The Balaban J connectivity index is 2.06. The fourth-order valence-corrected chi connectivity index (χ4v) is 3.65. The third-order valence-corrected chi connectivity index (χ3v) is 5.62. The van der Waals surface area contributed by atoms with E-state index in [0.29, 0.717) is 23.2 Å². The van der Waals surface area contributed by atoms with Crippen molar-refractivity contribution < 1.29 is 17.9 Å². The molecule has 0 heterocycles. The van der Waals surface area contributed by atoms with Gasteiger partial charge in [-0.15, -0.1) is 0 Å². The van der Waals surface area contributed by atoms with Crippen LogP contribution in [0.25, 0.3) is 0 Å². The van der Waals surface area contributed by atoms with Gasteiger partial charge in [0.05, 0.1) is 15.6 Å². The molecule has 28 heavy (non-hydrogen) atoms. The number of hydrogen-bond acceptors (Lipinski definition) is 4. The second kappa shape index (κ2) is 9.49. The molecule has 0 saturated carbocycles. The van der Waals surface area contributed by atoms with Crippen LogP contribution >= 0.6 is 23.2 Å². The number of halogens is 2. The third-order valence-electron chi connectivity index (χ3n) is 3.67. The largest absolute Gasteiger partial charge is 0.481 e. The van der Waals surface area contributed by atoms with Crippen LogP contribution in [0.15, 0.2) is 47.4 Å². The Morgan fingerprint density at radius 1 is 1.07 bits per heavy atom. The number of carbonyl (C=O) groups is 1. The molecule has 0 bridgehead atoms. The van der Waals surface area contributed by atoms with E-state index < -0.39 is 16.1 Å². The molecule has 0 saturated heterocycles. The second-order valence-electron chi connectivity index (χ2n) is 6.60. The van der Waals surface area contributed by atoms with Crippen molar-refractivity contribution in [2.24, 2.45) is 5.92 Å². The van der Waals surface area contributed by atoms with Gasteiger partial charge in [0.2, 0.25) is 0 Å². The quantitative estimate of drug-likeness (QED) is 0.634. The van der Waals surface area contributed by atoms with E-state index in [-0.39, 0.29) is 21.5 Å². The zero-order chi connectivity index (χ0) is 20.9. The number of anilines is 1. The molecular weight excluding hydrogens is 423 g/mol. The van der Waals surface area contributed by atoms with Gasteiger partial charge in [-0.05, 0) is 55.3 Å². The molecule has 2 aromatic rings. The van der Waals surface area contributed by atoms with Crippen molar-refractivity contribution in [1.82, 2.24) is 5.32 Å². The zero-order valence-corrected chi connectivity index (χ0v) is 18.0. The van der Waals surface area contributed by atoms with Crippen molar-refractivity contribution >= 4 is 44.8 Å². The summed E-state index contributed by atoms with van der Waals surface area (Å²) < 4.78 is 33.0. The molecule has 0 unspecified atom stereocenters. The van der Waals surface area contributed by atoms with Gasteiger partial charge in [0, 0.05) is 11.6 Å². The summed E-state index contributed by atoms with van der Waals surface area (Å²) in [4.78, 5) is 12.0. The first kappa shape index (κ1) is 22.3. The van der Waals surface area contributed by atoms with Crippen LogP contribution in [0.3, 0.4) is 0 Å². The van der Waals surface area contributed by atoms with Crippen molar-refractivity contribution in [3.63, 3.8) is 0 Å². The highest BCUT2D eigenvalue weighted by Crippen LogP contribution is 2.28. The summed E-state index contributed by atoms with van der Waals surface area (Å²) in [5.41, 5.74) is 0.185. The lowest BCUT2D eigenvalue weighted by molar-refractivity contribution is -0.127. The smallest absolute Gasteiger partial charge is 0.261 e. The van der Waals surface area contributed by atoms with Crippen molar-refractivity contribution in [3.05, 3.63) is 52.5 Å². The van der Waals surface area contributed by atoms with Gasteiger partial charge in [0.25, 0.3) is 15.9 Å². The van der Waals surface area contributed by atoms with Crippen LogP contribution in [0.5, 0.6) is 5.75 Å². The Hall–Kier alpha value is -1.96. The standard InChI is InChI=1S/C19H22Cl2N2O4S/c1-12(2)11-22-19(24)13(3)27-15-5-7-16(8-6-15)28(25,26)23-18-10-14(20)4-9-17(18)21/h4-10,12-13,23H,11H2,1-3H3,(H,22,24)/t13-/m0/s1. The average Bonchev–Trinajstić information content (AvgIpc) is 2.63. The molecule has 6 nitrogen and oxygen atoms in total. The van der Waals surface area contributed by atoms with Gasteiger partial charge in [-0.1, -0.05) is 37.0 Å². The minimum absolute atomic E-state index is 0.0211. The summed E-state index contributed by atoms with van der Waals surface area (Å²) in [5, 5.41) is 3.37. The first-order valence-corrected chi connectivity index (χ1v) is 10.8. The minimum atomic E-state index is -3.86. The molecule has 152 valence electrons. The van der Waals surface area contributed by atoms with E-state index in [0.717, 1.165) is 0 Å². The molecule has 0 spiro atoms. The maximum Gasteiger partial charge on any atom is 0.261 e. The average molecular weight is 445 g/mol. The van der Waals surface area contributed by atoms with E-state index in [9.17, 15) is 13.2 Å². The van der Waals surface area contributed by atoms with E-state index in [1.54, 1.807) is 13.0 Å². The van der Waals surface area contributed by atoms with Crippen LogP contribution in [0, 0.1) is 5.92 Å². The van der Waals surface area contributed by atoms with Crippen LogP contribution in [0.2, 0.25) is 10.0 Å². The van der Waals surface area contributed by atoms with Gasteiger partial charge in [0.1, 0.15) is 5.75 Å². The van der Waals surface area contributed by atoms with E-state index >= 15 is 0 Å². The maximum absolute atomic E-state index is 12.5. The number of hydrogen-bond donors (Lipinski definition) is 2. The molecule has 2 rings (SSSR count). The molecule has 2 aromatic carbocycles. The first-order chi connectivity index (χ1) is 13.1. The number of carbonyl (C=O) groups excluding carboxylic acids is 1. The fourth-order valence-electron chi connectivity index (χ4n) is 2.18. The highest BCUT2D eigenvalue weighted by Gasteiger charge is 2.18. The Kier molecular flexibility index (Phi) is 7.57. The molecule has 9 heteroatoms. The van der Waals surface area contributed by atoms with Gasteiger partial charge in [-0.2, -0.15) is 0 Å². The normalized spacial score (nSPS) is 12.5. The Morgan fingerprint density at radius 2 is 1.71 bits per heavy atom. The van der Waals surface area contributed by atoms with Crippen LogP contribution < -0.4 is 14.8 Å². The highest BCUT2D eigenvalue weighted by molar-refractivity contribution is 7.92. The number of benzene rings is 2. The number of ether oxygens (including phenoxy) is 1. The summed E-state index contributed by atoms with van der Waals surface area (Å²) in [6.45, 7) is 6.18. The molecular formula is C19H22Cl2N2O4S. The molecule has 1 atom stereocenters. The number of amides is 1. The maximum atomic E-state index is 12.5. The van der Waals surface area contributed by atoms with Gasteiger partial charge < -0.3 is 10.1 Å². The molecule has 1 amide bonds. The van der Waals surface area contributed by atoms with E-state index in [1.165, 1.54) is 36.4 Å².